The minimum atomic E-state index is -0.375. The van der Waals surface area contributed by atoms with Crippen LogP contribution in [0, 0.1) is 6.92 Å². The average molecular weight is 311 g/mol. The van der Waals surface area contributed by atoms with Crippen LogP contribution in [-0.2, 0) is 5.31 Å². The van der Waals surface area contributed by atoms with E-state index >= 15 is 0 Å². The molecular formula is C22H22BN. The summed E-state index contributed by atoms with van der Waals surface area (Å²) in [7, 11) is 6.35. The minimum Gasteiger partial charge on any atom is -0.261 e. The van der Waals surface area contributed by atoms with Crippen LogP contribution in [0.15, 0.2) is 66.9 Å². The summed E-state index contributed by atoms with van der Waals surface area (Å²) >= 11 is 0. The SMILES string of the molecule is [B]C(C)(CC)c1ncc(-c2ccc(-c3ccccc3)cc2)cc1C. The second-order valence-electron chi connectivity index (χ2n) is 6.60. The van der Waals surface area contributed by atoms with Gasteiger partial charge in [0.2, 0.25) is 0 Å². The van der Waals surface area contributed by atoms with Crippen LogP contribution in [0.25, 0.3) is 22.3 Å². The number of aromatic nitrogens is 1. The summed E-state index contributed by atoms with van der Waals surface area (Å²) in [6, 6.07) is 21.2. The quantitative estimate of drug-likeness (QED) is 0.578. The van der Waals surface area contributed by atoms with Crippen LogP contribution >= 0.6 is 0 Å². The number of aryl methyl sites for hydroxylation is 1. The van der Waals surface area contributed by atoms with Crippen LogP contribution < -0.4 is 0 Å². The highest BCUT2D eigenvalue weighted by Gasteiger charge is 2.21. The first-order chi connectivity index (χ1) is 11.5. The van der Waals surface area contributed by atoms with Gasteiger partial charge in [0.1, 0.15) is 0 Å². The van der Waals surface area contributed by atoms with Gasteiger partial charge in [-0.1, -0.05) is 74.9 Å². The van der Waals surface area contributed by atoms with Gasteiger partial charge in [0.15, 0.2) is 0 Å². The molecule has 1 aromatic heterocycles. The highest BCUT2D eigenvalue weighted by molar-refractivity contribution is 6.15. The van der Waals surface area contributed by atoms with Gasteiger partial charge in [0.25, 0.3) is 0 Å². The monoisotopic (exact) mass is 311 g/mol. The fraction of sp³-hybridized carbons (Fsp3) is 0.227. The van der Waals surface area contributed by atoms with Gasteiger partial charge in [0.05, 0.1) is 7.85 Å². The number of hydrogen-bond donors (Lipinski definition) is 0. The van der Waals surface area contributed by atoms with Crippen molar-refractivity contribution in [2.45, 2.75) is 32.5 Å². The van der Waals surface area contributed by atoms with Crippen LogP contribution in [0.4, 0.5) is 0 Å². The van der Waals surface area contributed by atoms with E-state index in [2.05, 4.69) is 73.4 Å². The molecule has 2 radical (unpaired) electrons. The molecule has 0 aliphatic heterocycles. The summed E-state index contributed by atoms with van der Waals surface area (Å²) < 4.78 is 0. The smallest absolute Gasteiger partial charge is 0.0828 e. The number of pyridine rings is 1. The van der Waals surface area contributed by atoms with Gasteiger partial charge in [-0.2, -0.15) is 0 Å². The molecule has 0 saturated carbocycles. The molecule has 0 bridgehead atoms. The predicted molar refractivity (Wildman–Crippen MR) is 103 cm³/mol. The van der Waals surface area contributed by atoms with Gasteiger partial charge in [-0.25, -0.2) is 0 Å². The van der Waals surface area contributed by atoms with Gasteiger partial charge in [-0.3, -0.25) is 4.98 Å². The van der Waals surface area contributed by atoms with Crippen molar-refractivity contribution in [3.63, 3.8) is 0 Å². The molecule has 0 aliphatic carbocycles. The van der Waals surface area contributed by atoms with Crippen LogP contribution in [-0.4, -0.2) is 12.8 Å². The van der Waals surface area contributed by atoms with Crippen molar-refractivity contribution in [2.75, 3.05) is 0 Å². The maximum atomic E-state index is 6.35. The molecule has 24 heavy (non-hydrogen) atoms. The second kappa shape index (κ2) is 6.64. The molecule has 1 heterocycles. The van der Waals surface area contributed by atoms with Gasteiger partial charge < -0.3 is 0 Å². The van der Waals surface area contributed by atoms with Gasteiger partial charge in [-0.15, -0.1) is 0 Å². The minimum absolute atomic E-state index is 0.375. The third-order valence-corrected chi connectivity index (χ3v) is 4.68. The average Bonchev–Trinajstić information content (AvgIpc) is 2.62. The van der Waals surface area contributed by atoms with E-state index in [9.17, 15) is 0 Å². The molecule has 1 unspecified atom stereocenters. The molecule has 0 amide bonds. The lowest BCUT2D eigenvalue weighted by Gasteiger charge is -2.25. The molecule has 0 aliphatic rings. The Morgan fingerprint density at radius 2 is 1.42 bits per heavy atom. The molecule has 1 atom stereocenters. The lowest BCUT2D eigenvalue weighted by molar-refractivity contribution is 0.622. The predicted octanol–water partition coefficient (Wildman–Crippen LogP) is 5.52. The molecule has 118 valence electrons. The number of nitrogens with zero attached hydrogens (tertiary/aromatic N) is 1. The fourth-order valence-electron chi connectivity index (χ4n) is 2.98. The third kappa shape index (κ3) is 3.28. The maximum Gasteiger partial charge on any atom is 0.0828 e. The molecule has 1 nitrogen and oxygen atoms in total. The Balaban J connectivity index is 1.91. The van der Waals surface area contributed by atoms with Crippen molar-refractivity contribution < 1.29 is 0 Å². The van der Waals surface area contributed by atoms with E-state index in [0.29, 0.717) is 0 Å². The molecule has 0 saturated heterocycles. The van der Waals surface area contributed by atoms with E-state index in [1.807, 2.05) is 19.2 Å². The van der Waals surface area contributed by atoms with Crippen molar-refractivity contribution in [3.05, 3.63) is 78.1 Å². The van der Waals surface area contributed by atoms with Crippen molar-refractivity contribution in [1.29, 1.82) is 0 Å². The van der Waals surface area contributed by atoms with Crippen LogP contribution in [0.5, 0.6) is 0 Å². The topological polar surface area (TPSA) is 12.9 Å². The van der Waals surface area contributed by atoms with Crippen LogP contribution in [0.3, 0.4) is 0 Å². The van der Waals surface area contributed by atoms with Crippen LogP contribution in [0.2, 0.25) is 0 Å². The highest BCUT2D eigenvalue weighted by atomic mass is 14.7. The standard InChI is InChI=1S/C22H22BN/c1-4-22(3,23)21-16(2)14-20(15-24-21)19-12-10-18(11-13-19)17-8-6-5-7-9-17/h5-15H,4H2,1-3H3. The first kappa shape index (κ1) is 16.5. The lowest BCUT2D eigenvalue weighted by atomic mass is 9.65. The van der Waals surface area contributed by atoms with Crippen LogP contribution in [0.1, 0.15) is 31.5 Å². The first-order valence-electron chi connectivity index (χ1n) is 8.43. The van der Waals surface area contributed by atoms with Gasteiger partial charge in [-0.05, 0) is 40.6 Å². The first-order valence-corrected chi connectivity index (χ1v) is 8.43. The molecule has 0 fully saturated rings. The highest BCUT2D eigenvalue weighted by Crippen LogP contribution is 2.29. The molecule has 2 heteroatoms. The van der Waals surface area contributed by atoms with Gasteiger partial charge >= 0.3 is 0 Å². The zero-order chi connectivity index (χ0) is 17.2. The zero-order valence-corrected chi connectivity index (χ0v) is 14.6. The summed E-state index contributed by atoms with van der Waals surface area (Å²) in [6.07, 6.45) is 2.80. The molecule has 0 spiro atoms. The lowest BCUT2D eigenvalue weighted by Crippen LogP contribution is -2.23. The van der Waals surface area contributed by atoms with Crippen molar-refractivity contribution >= 4 is 7.85 Å². The van der Waals surface area contributed by atoms with E-state index in [4.69, 9.17) is 7.85 Å². The second-order valence-corrected chi connectivity index (χ2v) is 6.60. The summed E-state index contributed by atoms with van der Waals surface area (Å²) in [5.41, 5.74) is 6.88. The Bertz CT molecular complexity index is 820. The van der Waals surface area contributed by atoms with E-state index in [1.165, 1.54) is 16.7 Å². The fourth-order valence-corrected chi connectivity index (χ4v) is 2.98. The Kier molecular flexibility index (Phi) is 4.57. The zero-order valence-electron chi connectivity index (χ0n) is 14.6. The molecule has 3 aromatic rings. The molecule has 0 N–H and O–H groups in total. The summed E-state index contributed by atoms with van der Waals surface area (Å²) in [5.74, 6) is 0. The van der Waals surface area contributed by atoms with E-state index in [0.717, 1.165) is 23.2 Å². The molecule has 3 rings (SSSR count). The Morgan fingerprint density at radius 3 is 1.96 bits per heavy atom. The summed E-state index contributed by atoms with van der Waals surface area (Å²) in [5, 5.41) is -0.375. The van der Waals surface area contributed by atoms with E-state index < -0.39 is 0 Å². The molecular weight excluding hydrogens is 289 g/mol. The van der Waals surface area contributed by atoms with Gasteiger partial charge in [0, 0.05) is 17.5 Å². The Hall–Kier alpha value is -2.35. The Morgan fingerprint density at radius 1 is 0.875 bits per heavy atom. The maximum absolute atomic E-state index is 6.35. The normalized spacial score (nSPS) is 13.5. The molecule has 2 aromatic carbocycles. The largest absolute Gasteiger partial charge is 0.261 e. The van der Waals surface area contributed by atoms with E-state index in [-0.39, 0.29) is 5.31 Å². The van der Waals surface area contributed by atoms with E-state index in [1.54, 1.807) is 0 Å². The Labute approximate surface area is 146 Å². The van der Waals surface area contributed by atoms with Crippen molar-refractivity contribution in [3.8, 4) is 22.3 Å². The van der Waals surface area contributed by atoms with Crippen molar-refractivity contribution in [2.24, 2.45) is 0 Å². The number of hydrogen-bond acceptors (Lipinski definition) is 1. The number of rotatable bonds is 4. The summed E-state index contributed by atoms with van der Waals surface area (Å²) in [6.45, 7) is 6.22. The third-order valence-electron chi connectivity index (χ3n) is 4.68. The number of benzene rings is 2. The summed E-state index contributed by atoms with van der Waals surface area (Å²) in [4.78, 5) is 4.65. The van der Waals surface area contributed by atoms with Crippen molar-refractivity contribution in [1.82, 2.24) is 4.98 Å².